The van der Waals surface area contributed by atoms with Crippen LogP contribution in [-0.2, 0) is 4.79 Å². The predicted octanol–water partition coefficient (Wildman–Crippen LogP) is 3.74. The van der Waals surface area contributed by atoms with Crippen molar-refractivity contribution in [1.82, 2.24) is 0 Å². The highest BCUT2D eigenvalue weighted by molar-refractivity contribution is 9.10. The van der Waals surface area contributed by atoms with Crippen molar-refractivity contribution >= 4 is 42.6 Å². The van der Waals surface area contributed by atoms with Gasteiger partial charge in [-0.2, -0.15) is 0 Å². The van der Waals surface area contributed by atoms with Gasteiger partial charge in [0.05, 0.1) is 0 Å². The smallest absolute Gasteiger partial charge is 0.196 e. The SMILES string of the molecule is CC(=O)SSc1ccc(Br)cc1. The Balaban J connectivity index is 2.53. The van der Waals surface area contributed by atoms with E-state index in [4.69, 9.17) is 0 Å². The van der Waals surface area contributed by atoms with E-state index in [1.54, 1.807) is 6.92 Å². The predicted molar refractivity (Wildman–Crippen MR) is 58.3 cm³/mol. The van der Waals surface area contributed by atoms with Crippen LogP contribution in [0.1, 0.15) is 6.92 Å². The molecular formula is C8H7BrOS2. The first kappa shape index (κ1) is 10.2. The van der Waals surface area contributed by atoms with Crippen molar-refractivity contribution in [3.63, 3.8) is 0 Å². The molecule has 0 spiro atoms. The number of hydrogen-bond acceptors (Lipinski definition) is 3. The highest BCUT2D eigenvalue weighted by Crippen LogP contribution is 2.31. The van der Waals surface area contributed by atoms with Gasteiger partial charge in [-0.05, 0) is 45.9 Å². The first-order chi connectivity index (χ1) is 5.68. The van der Waals surface area contributed by atoms with Crippen molar-refractivity contribution in [3.8, 4) is 0 Å². The van der Waals surface area contributed by atoms with E-state index in [2.05, 4.69) is 15.9 Å². The molecular weight excluding hydrogens is 256 g/mol. The summed E-state index contributed by atoms with van der Waals surface area (Å²) in [6.07, 6.45) is 0. The molecule has 1 nitrogen and oxygen atoms in total. The zero-order valence-corrected chi connectivity index (χ0v) is 9.63. The van der Waals surface area contributed by atoms with Crippen molar-refractivity contribution in [2.75, 3.05) is 0 Å². The van der Waals surface area contributed by atoms with Crippen LogP contribution >= 0.6 is 37.5 Å². The third-order valence-electron chi connectivity index (χ3n) is 1.07. The molecule has 64 valence electrons. The molecule has 0 amide bonds. The number of hydrogen-bond donors (Lipinski definition) is 0. The number of halogens is 1. The van der Waals surface area contributed by atoms with Gasteiger partial charge in [0.2, 0.25) is 0 Å². The molecule has 0 aliphatic heterocycles. The van der Waals surface area contributed by atoms with Crippen LogP contribution in [0.5, 0.6) is 0 Å². The Bertz CT molecular complexity index is 271. The largest absolute Gasteiger partial charge is 0.287 e. The summed E-state index contributed by atoms with van der Waals surface area (Å²) in [5.74, 6) is 0. The van der Waals surface area contributed by atoms with Crippen LogP contribution in [-0.4, -0.2) is 5.12 Å². The summed E-state index contributed by atoms with van der Waals surface area (Å²) in [7, 11) is 2.74. The van der Waals surface area contributed by atoms with Crippen molar-refractivity contribution < 1.29 is 4.79 Å². The van der Waals surface area contributed by atoms with Gasteiger partial charge in [-0.3, -0.25) is 4.79 Å². The fraction of sp³-hybridized carbons (Fsp3) is 0.125. The van der Waals surface area contributed by atoms with Crippen LogP contribution in [0, 0.1) is 0 Å². The van der Waals surface area contributed by atoms with E-state index < -0.39 is 0 Å². The minimum Gasteiger partial charge on any atom is -0.287 e. The van der Waals surface area contributed by atoms with Gasteiger partial charge in [0, 0.05) is 16.3 Å². The second-order valence-electron chi connectivity index (χ2n) is 2.11. The Morgan fingerprint density at radius 3 is 2.42 bits per heavy atom. The molecule has 0 N–H and O–H groups in total. The molecule has 0 radical (unpaired) electrons. The van der Waals surface area contributed by atoms with E-state index in [-0.39, 0.29) is 5.12 Å². The quantitative estimate of drug-likeness (QED) is 0.757. The molecule has 0 unspecified atom stereocenters. The lowest BCUT2D eigenvalue weighted by atomic mass is 10.4. The maximum atomic E-state index is 10.6. The second-order valence-corrected chi connectivity index (χ2v) is 5.41. The van der Waals surface area contributed by atoms with Gasteiger partial charge in [0.15, 0.2) is 5.12 Å². The van der Waals surface area contributed by atoms with E-state index in [9.17, 15) is 4.79 Å². The summed E-state index contributed by atoms with van der Waals surface area (Å²) < 4.78 is 1.06. The molecule has 4 heteroatoms. The first-order valence-corrected chi connectivity index (χ1v) is 6.23. The molecule has 1 aromatic rings. The van der Waals surface area contributed by atoms with Crippen LogP contribution in [0.2, 0.25) is 0 Å². The van der Waals surface area contributed by atoms with Gasteiger partial charge >= 0.3 is 0 Å². The third kappa shape index (κ3) is 3.65. The lowest BCUT2D eigenvalue weighted by molar-refractivity contribution is -0.109. The number of benzene rings is 1. The van der Waals surface area contributed by atoms with Crippen molar-refractivity contribution in [1.29, 1.82) is 0 Å². The van der Waals surface area contributed by atoms with Crippen LogP contribution in [0.15, 0.2) is 33.6 Å². The number of carbonyl (C=O) groups excluding carboxylic acids is 1. The van der Waals surface area contributed by atoms with Gasteiger partial charge < -0.3 is 0 Å². The molecule has 0 bridgehead atoms. The number of rotatable bonds is 2. The van der Waals surface area contributed by atoms with Gasteiger partial charge in [-0.1, -0.05) is 15.9 Å². The van der Waals surface area contributed by atoms with Crippen molar-refractivity contribution in [3.05, 3.63) is 28.7 Å². The molecule has 1 aromatic carbocycles. The summed E-state index contributed by atoms with van der Waals surface area (Å²) in [6, 6.07) is 7.88. The summed E-state index contributed by atoms with van der Waals surface area (Å²) in [4.78, 5) is 11.7. The second kappa shape index (κ2) is 4.94. The summed E-state index contributed by atoms with van der Waals surface area (Å²) in [5.41, 5.74) is 0. The van der Waals surface area contributed by atoms with Gasteiger partial charge in [-0.15, -0.1) is 0 Å². The molecule has 0 saturated carbocycles. The molecule has 0 aromatic heterocycles. The zero-order valence-electron chi connectivity index (χ0n) is 6.41. The lowest BCUT2D eigenvalue weighted by Gasteiger charge is -1.96. The molecule has 0 saturated heterocycles. The van der Waals surface area contributed by atoms with Crippen LogP contribution in [0.3, 0.4) is 0 Å². The summed E-state index contributed by atoms with van der Waals surface area (Å²) in [6.45, 7) is 1.57. The average molecular weight is 263 g/mol. The highest BCUT2D eigenvalue weighted by Gasteiger charge is 1.97. The Morgan fingerprint density at radius 1 is 1.33 bits per heavy atom. The van der Waals surface area contributed by atoms with Crippen LogP contribution in [0.25, 0.3) is 0 Å². The minimum atomic E-state index is 0.128. The van der Waals surface area contributed by atoms with E-state index in [1.165, 1.54) is 21.6 Å². The van der Waals surface area contributed by atoms with Crippen molar-refractivity contribution in [2.45, 2.75) is 11.8 Å². The zero-order chi connectivity index (χ0) is 8.97. The Hall–Kier alpha value is 0.0700. The van der Waals surface area contributed by atoms with E-state index in [1.807, 2.05) is 24.3 Å². The fourth-order valence-corrected chi connectivity index (χ4v) is 2.30. The Labute approximate surface area is 87.8 Å². The molecule has 0 aliphatic carbocycles. The minimum absolute atomic E-state index is 0.128. The molecule has 0 aliphatic rings. The van der Waals surface area contributed by atoms with Crippen molar-refractivity contribution in [2.24, 2.45) is 0 Å². The normalized spacial score (nSPS) is 9.83. The average Bonchev–Trinajstić information content (AvgIpc) is 2.03. The first-order valence-electron chi connectivity index (χ1n) is 3.29. The lowest BCUT2D eigenvalue weighted by Crippen LogP contribution is -1.74. The molecule has 1 rings (SSSR count). The number of carbonyl (C=O) groups is 1. The standard InChI is InChI=1S/C8H7BrOS2/c1-6(10)11-12-8-4-2-7(9)3-5-8/h2-5H,1H3. The maximum absolute atomic E-state index is 10.6. The molecule has 0 heterocycles. The Kier molecular flexibility index (Phi) is 4.18. The van der Waals surface area contributed by atoms with Gasteiger partial charge in [-0.25, -0.2) is 0 Å². The van der Waals surface area contributed by atoms with Gasteiger partial charge in [0.25, 0.3) is 0 Å². The highest BCUT2D eigenvalue weighted by atomic mass is 79.9. The molecule has 0 atom stereocenters. The van der Waals surface area contributed by atoms with Crippen LogP contribution in [0.4, 0.5) is 0 Å². The molecule has 12 heavy (non-hydrogen) atoms. The summed E-state index contributed by atoms with van der Waals surface area (Å²) in [5, 5.41) is 0.128. The third-order valence-corrected chi connectivity index (χ3v) is 3.91. The van der Waals surface area contributed by atoms with E-state index >= 15 is 0 Å². The van der Waals surface area contributed by atoms with E-state index in [0.29, 0.717) is 0 Å². The monoisotopic (exact) mass is 262 g/mol. The fourth-order valence-electron chi connectivity index (χ4n) is 0.597. The Morgan fingerprint density at radius 2 is 1.92 bits per heavy atom. The van der Waals surface area contributed by atoms with Crippen LogP contribution < -0.4 is 0 Å². The van der Waals surface area contributed by atoms with E-state index in [0.717, 1.165) is 9.37 Å². The maximum Gasteiger partial charge on any atom is 0.196 e. The molecule has 0 fully saturated rings. The summed E-state index contributed by atoms with van der Waals surface area (Å²) >= 11 is 3.34. The van der Waals surface area contributed by atoms with Gasteiger partial charge in [0.1, 0.15) is 0 Å². The topological polar surface area (TPSA) is 17.1 Å².